The summed E-state index contributed by atoms with van der Waals surface area (Å²) in [6.45, 7) is 2.42. The van der Waals surface area contributed by atoms with Gasteiger partial charge in [0.1, 0.15) is 11.6 Å². The molecule has 0 amide bonds. The Morgan fingerprint density at radius 1 is 1.06 bits per heavy atom. The number of hydrogen-bond acceptors (Lipinski definition) is 8. The second kappa shape index (κ2) is 7.88. The Morgan fingerprint density at radius 3 is 2.53 bits per heavy atom. The van der Waals surface area contributed by atoms with Crippen molar-refractivity contribution in [3.8, 4) is 5.75 Å². The molecular weight excluding hydrogens is 446 g/mol. The predicted molar refractivity (Wildman–Crippen MR) is 123 cm³/mol. The quantitative estimate of drug-likeness (QED) is 0.403. The molecule has 2 aromatic carbocycles. The highest BCUT2D eigenvalue weighted by Gasteiger charge is 2.27. The molecule has 0 saturated heterocycles. The van der Waals surface area contributed by atoms with E-state index in [2.05, 4.69) is 20.6 Å². The van der Waals surface area contributed by atoms with Gasteiger partial charge in [0.15, 0.2) is 5.65 Å². The number of fused-ring (bicyclic) bond motifs is 3. The third-order valence-electron chi connectivity index (χ3n) is 5.13. The van der Waals surface area contributed by atoms with Gasteiger partial charge in [0, 0.05) is 6.54 Å². The van der Waals surface area contributed by atoms with Gasteiger partial charge in [0.2, 0.25) is 14.9 Å². The van der Waals surface area contributed by atoms with Gasteiger partial charge in [0.05, 0.1) is 22.2 Å². The molecular formula is C22H19N5O3S2. The molecule has 0 aliphatic heterocycles. The van der Waals surface area contributed by atoms with Crippen LogP contribution in [-0.4, -0.2) is 35.3 Å². The summed E-state index contributed by atoms with van der Waals surface area (Å²) in [6, 6.07) is 16.2. The molecule has 5 aromatic rings. The van der Waals surface area contributed by atoms with Crippen LogP contribution in [0.15, 0.2) is 69.9 Å². The maximum Gasteiger partial charge on any atom is 0.229 e. The first-order valence-corrected chi connectivity index (χ1v) is 12.1. The van der Waals surface area contributed by atoms with Gasteiger partial charge in [-0.05, 0) is 48.2 Å². The summed E-state index contributed by atoms with van der Waals surface area (Å²) in [5.74, 6) is 1.37. The lowest BCUT2D eigenvalue weighted by Crippen LogP contribution is -2.06. The summed E-state index contributed by atoms with van der Waals surface area (Å²) in [5.41, 5.74) is 2.94. The number of nitrogens with zero attached hydrogens (tertiary/aromatic N) is 4. The minimum absolute atomic E-state index is 0.158. The molecule has 0 unspecified atom stereocenters. The number of thiophene rings is 1. The molecule has 0 aliphatic carbocycles. The average Bonchev–Trinajstić information content (AvgIpc) is 3.45. The molecule has 0 atom stereocenters. The molecule has 3 heterocycles. The standard InChI is InChI=1S/C22H19N5O3S2/c1-14-3-9-17(10-4-14)32(28,29)22-21-24-20(19-18(11-12-31-19)27(21)26-25-22)23-13-15-5-7-16(30-2)8-6-15/h3-12H,13H2,1-2H3,(H,23,24). The van der Waals surface area contributed by atoms with E-state index in [-0.39, 0.29) is 15.6 Å². The summed E-state index contributed by atoms with van der Waals surface area (Å²) in [4.78, 5) is 4.78. The molecule has 0 aliphatic rings. The van der Waals surface area contributed by atoms with Crippen LogP contribution < -0.4 is 10.1 Å². The fourth-order valence-corrected chi connectivity index (χ4v) is 5.45. The summed E-state index contributed by atoms with van der Waals surface area (Å²) in [6.07, 6.45) is 0. The number of aryl methyl sites for hydroxylation is 1. The lowest BCUT2D eigenvalue weighted by atomic mass is 10.2. The maximum atomic E-state index is 13.3. The lowest BCUT2D eigenvalue weighted by Gasteiger charge is -2.09. The SMILES string of the molecule is COc1ccc(CNc2nc3c(S(=O)(=O)c4ccc(C)cc4)nnn3c3ccsc23)cc1. The number of methoxy groups -OCH3 is 1. The highest BCUT2D eigenvalue weighted by Crippen LogP contribution is 2.31. The normalized spacial score (nSPS) is 11.8. The summed E-state index contributed by atoms with van der Waals surface area (Å²) >= 11 is 1.50. The number of hydrogen-bond donors (Lipinski definition) is 1. The number of sulfone groups is 1. The third kappa shape index (κ3) is 3.47. The fourth-order valence-electron chi connectivity index (χ4n) is 3.38. The van der Waals surface area contributed by atoms with E-state index in [1.165, 1.54) is 15.9 Å². The van der Waals surface area contributed by atoms with E-state index in [9.17, 15) is 8.42 Å². The van der Waals surface area contributed by atoms with Crippen LogP contribution in [0, 0.1) is 6.92 Å². The van der Waals surface area contributed by atoms with Crippen molar-refractivity contribution in [3.63, 3.8) is 0 Å². The van der Waals surface area contributed by atoms with Crippen molar-refractivity contribution in [3.05, 3.63) is 71.1 Å². The summed E-state index contributed by atoms with van der Waals surface area (Å²) < 4.78 is 34.1. The van der Waals surface area contributed by atoms with E-state index >= 15 is 0 Å². The minimum Gasteiger partial charge on any atom is -0.497 e. The minimum atomic E-state index is -3.88. The molecule has 1 N–H and O–H groups in total. The van der Waals surface area contributed by atoms with Crippen LogP contribution in [0.25, 0.3) is 15.9 Å². The van der Waals surface area contributed by atoms with Crippen LogP contribution in [0.4, 0.5) is 5.82 Å². The number of anilines is 1. The van der Waals surface area contributed by atoms with Gasteiger partial charge in [0.25, 0.3) is 0 Å². The van der Waals surface area contributed by atoms with Gasteiger partial charge in [-0.15, -0.1) is 16.4 Å². The number of aromatic nitrogens is 4. The Balaban J connectivity index is 1.58. The van der Waals surface area contributed by atoms with Crippen molar-refractivity contribution in [2.45, 2.75) is 23.4 Å². The molecule has 162 valence electrons. The molecule has 0 spiro atoms. The lowest BCUT2D eigenvalue weighted by molar-refractivity contribution is 0.414. The van der Waals surface area contributed by atoms with Crippen molar-refractivity contribution in [2.75, 3.05) is 12.4 Å². The van der Waals surface area contributed by atoms with Gasteiger partial charge in [-0.3, -0.25) is 0 Å². The van der Waals surface area contributed by atoms with Crippen molar-refractivity contribution in [1.82, 2.24) is 19.8 Å². The first kappa shape index (κ1) is 20.4. The number of rotatable bonds is 6. The Labute approximate surface area is 188 Å². The second-order valence-electron chi connectivity index (χ2n) is 7.24. The first-order valence-electron chi connectivity index (χ1n) is 9.78. The molecule has 3 aromatic heterocycles. The van der Waals surface area contributed by atoms with Crippen LogP contribution in [0.1, 0.15) is 11.1 Å². The van der Waals surface area contributed by atoms with Crippen LogP contribution in [-0.2, 0) is 16.4 Å². The van der Waals surface area contributed by atoms with Gasteiger partial charge in [-0.25, -0.2) is 13.4 Å². The monoisotopic (exact) mass is 465 g/mol. The van der Waals surface area contributed by atoms with Crippen LogP contribution in [0.3, 0.4) is 0 Å². The molecule has 0 fully saturated rings. The fraction of sp³-hybridized carbons (Fsp3) is 0.136. The Morgan fingerprint density at radius 2 is 1.81 bits per heavy atom. The number of benzene rings is 2. The Bertz CT molecular complexity index is 1520. The zero-order valence-electron chi connectivity index (χ0n) is 17.3. The molecule has 0 bridgehead atoms. The molecule has 5 rings (SSSR count). The first-order chi connectivity index (χ1) is 15.5. The van der Waals surface area contributed by atoms with E-state index in [1.54, 1.807) is 31.4 Å². The molecule has 0 saturated carbocycles. The highest BCUT2D eigenvalue weighted by atomic mass is 32.2. The van der Waals surface area contributed by atoms with E-state index in [0.717, 1.165) is 27.1 Å². The molecule has 32 heavy (non-hydrogen) atoms. The zero-order valence-corrected chi connectivity index (χ0v) is 18.9. The van der Waals surface area contributed by atoms with E-state index < -0.39 is 9.84 Å². The third-order valence-corrected chi connectivity index (χ3v) is 7.70. The largest absolute Gasteiger partial charge is 0.497 e. The number of ether oxygens (including phenoxy) is 1. The van der Waals surface area contributed by atoms with Crippen molar-refractivity contribution in [1.29, 1.82) is 0 Å². The molecule has 0 radical (unpaired) electrons. The Kier molecular flexibility index (Phi) is 5.03. The van der Waals surface area contributed by atoms with Gasteiger partial charge in [-0.1, -0.05) is 35.0 Å². The summed E-state index contributed by atoms with van der Waals surface area (Å²) in [7, 11) is -2.25. The van der Waals surface area contributed by atoms with Crippen molar-refractivity contribution < 1.29 is 13.2 Å². The second-order valence-corrected chi connectivity index (χ2v) is 10.0. The van der Waals surface area contributed by atoms with Crippen molar-refractivity contribution >= 4 is 42.9 Å². The van der Waals surface area contributed by atoms with Gasteiger partial charge >= 0.3 is 0 Å². The van der Waals surface area contributed by atoms with Crippen LogP contribution in [0.5, 0.6) is 5.75 Å². The highest BCUT2D eigenvalue weighted by molar-refractivity contribution is 7.91. The number of nitrogens with one attached hydrogen (secondary N) is 1. The maximum absolute atomic E-state index is 13.3. The van der Waals surface area contributed by atoms with Crippen molar-refractivity contribution in [2.24, 2.45) is 0 Å². The van der Waals surface area contributed by atoms with Crippen LogP contribution in [0.2, 0.25) is 0 Å². The van der Waals surface area contributed by atoms with E-state index in [0.29, 0.717) is 12.4 Å². The Hall–Kier alpha value is -3.50. The molecule has 8 nitrogen and oxygen atoms in total. The van der Waals surface area contributed by atoms with E-state index in [1.807, 2.05) is 42.6 Å². The van der Waals surface area contributed by atoms with E-state index in [4.69, 9.17) is 4.74 Å². The summed E-state index contributed by atoms with van der Waals surface area (Å²) in [5, 5.41) is 13.2. The van der Waals surface area contributed by atoms with Crippen LogP contribution >= 0.6 is 11.3 Å². The van der Waals surface area contributed by atoms with Gasteiger partial charge in [-0.2, -0.15) is 4.52 Å². The zero-order chi connectivity index (χ0) is 22.3. The van der Waals surface area contributed by atoms with Gasteiger partial charge < -0.3 is 10.1 Å². The average molecular weight is 466 g/mol. The topological polar surface area (TPSA) is 98.5 Å². The molecule has 10 heteroatoms. The smallest absolute Gasteiger partial charge is 0.229 e. The predicted octanol–water partition coefficient (Wildman–Crippen LogP) is 4.10.